The van der Waals surface area contributed by atoms with Gasteiger partial charge < -0.3 is 9.52 Å². The number of phenolic OH excluding ortho intramolecular Hbond substituents is 1. The van der Waals surface area contributed by atoms with Gasteiger partial charge >= 0.3 is 6.18 Å². The molecule has 0 atom stereocenters. The summed E-state index contributed by atoms with van der Waals surface area (Å²) in [6.07, 6.45) is -0.529. The largest absolute Gasteiger partial charge is 0.508 e. The maximum atomic E-state index is 12.6. The van der Waals surface area contributed by atoms with Crippen molar-refractivity contribution in [1.82, 2.24) is 4.98 Å². The molecular weight excluding hydrogens is 355 g/mol. The highest BCUT2D eigenvalue weighted by Gasteiger charge is 2.29. The Hall–Kier alpha value is -3.02. The summed E-state index contributed by atoms with van der Waals surface area (Å²) in [6, 6.07) is 10.2. The third-order valence-electron chi connectivity index (χ3n) is 4.19. The first-order valence-corrected chi connectivity index (χ1v) is 8.32. The third-order valence-corrected chi connectivity index (χ3v) is 4.19. The van der Waals surface area contributed by atoms with Crippen LogP contribution in [0, 0.1) is 13.8 Å². The van der Waals surface area contributed by atoms with Gasteiger partial charge in [0.05, 0.1) is 11.3 Å². The Kier molecular flexibility index (Phi) is 5.08. The minimum absolute atomic E-state index is 0.244. The fourth-order valence-corrected chi connectivity index (χ4v) is 2.65. The van der Waals surface area contributed by atoms with Gasteiger partial charge in [-0.2, -0.15) is 13.2 Å². The number of hydrogen-bond donors (Lipinski definition) is 1. The maximum Gasteiger partial charge on any atom is 0.416 e. The second kappa shape index (κ2) is 7.31. The number of alkyl halides is 3. The van der Waals surface area contributed by atoms with E-state index in [-0.39, 0.29) is 5.75 Å². The van der Waals surface area contributed by atoms with E-state index in [1.165, 1.54) is 12.1 Å². The molecule has 0 amide bonds. The van der Waals surface area contributed by atoms with E-state index in [0.717, 1.165) is 29.0 Å². The summed E-state index contributed by atoms with van der Waals surface area (Å²) in [4.78, 5) is 4.34. The predicted octanol–water partition coefficient (Wildman–Crippen LogP) is 5.78. The van der Waals surface area contributed by atoms with Crippen LogP contribution in [0.25, 0.3) is 12.2 Å². The summed E-state index contributed by atoms with van der Waals surface area (Å²) >= 11 is 0. The molecule has 3 aromatic rings. The molecule has 0 aliphatic carbocycles. The number of hydrogen-bond acceptors (Lipinski definition) is 3. The fraction of sp³-hybridized carbons (Fsp3) is 0.190. The number of halogens is 3. The molecule has 6 heteroatoms. The summed E-state index contributed by atoms with van der Waals surface area (Å²) in [6.45, 7) is 3.66. The highest BCUT2D eigenvalue weighted by atomic mass is 19.4. The smallest absolute Gasteiger partial charge is 0.416 e. The Morgan fingerprint density at radius 1 is 1.04 bits per heavy atom. The van der Waals surface area contributed by atoms with Crippen molar-refractivity contribution < 1.29 is 22.7 Å². The van der Waals surface area contributed by atoms with Gasteiger partial charge in [0, 0.05) is 12.5 Å². The predicted molar refractivity (Wildman–Crippen MR) is 97.3 cm³/mol. The molecule has 0 saturated heterocycles. The third kappa shape index (κ3) is 4.58. The summed E-state index contributed by atoms with van der Waals surface area (Å²) in [7, 11) is 0. The molecule has 1 heterocycles. The highest BCUT2D eigenvalue weighted by molar-refractivity contribution is 5.66. The van der Waals surface area contributed by atoms with Crippen molar-refractivity contribution in [1.29, 1.82) is 0 Å². The molecule has 1 N–H and O–H groups in total. The van der Waals surface area contributed by atoms with Gasteiger partial charge in [0.2, 0.25) is 5.89 Å². The number of nitrogens with zero attached hydrogens (tertiary/aromatic N) is 1. The zero-order chi connectivity index (χ0) is 19.6. The van der Waals surface area contributed by atoms with Crippen LogP contribution in [-0.4, -0.2) is 10.1 Å². The lowest BCUT2D eigenvalue weighted by Gasteiger charge is -2.05. The second-order valence-electron chi connectivity index (χ2n) is 6.31. The SMILES string of the molecule is Cc1cc(Cc2oc(/C=C/c3ccc(C(F)(F)F)cc3)nc2C)ccc1O. The molecule has 140 valence electrons. The standard InChI is InChI=1S/C21H18F3NO2/c1-13-11-16(5-9-18(13)26)12-19-14(2)25-20(27-19)10-6-15-3-7-17(8-4-15)21(22,23)24/h3-11,26H,12H2,1-2H3/b10-6+. The number of benzene rings is 2. The first-order valence-electron chi connectivity index (χ1n) is 8.32. The normalized spacial score (nSPS) is 12.0. The van der Waals surface area contributed by atoms with Gasteiger partial charge in [-0.3, -0.25) is 0 Å². The van der Waals surface area contributed by atoms with Crippen LogP contribution in [0.5, 0.6) is 5.75 Å². The van der Waals surface area contributed by atoms with E-state index in [1.807, 2.05) is 26.0 Å². The van der Waals surface area contributed by atoms with Gasteiger partial charge in [-0.05, 0) is 54.8 Å². The summed E-state index contributed by atoms with van der Waals surface area (Å²) < 4.78 is 43.5. The van der Waals surface area contributed by atoms with Gasteiger partial charge in [-0.15, -0.1) is 0 Å². The van der Waals surface area contributed by atoms with Crippen molar-refractivity contribution >= 4 is 12.2 Å². The maximum absolute atomic E-state index is 12.6. The molecule has 1 aromatic heterocycles. The molecule has 0 aliphatic heterocycles. The van der Waals surface area contributed by atoms with E-state index in [9.17, 15) is 18.3 Å². The van der Waals surface area contributed by atoms with Gasteiger partial charge in [0.1, 0.15) is 11.5 Å². The first kappa shape index (κ1) is 18.8. The van der Waals surface area contributed by atoms with E-state index >= 15 is 0 Å². The van der Waals surface area contributed by atoms with Crippen LogP contribution in [0.1, 0.15) is 39.6 Å². The quantitative estimate of drug-likeness (QED) is 0.631. The molecule has 0 unspecified atom stereocenters. The van der Waals surface area contributed by atoms with Crippen molar-refractivity contribution in [3.05, 3.63) is 82.1 Å². The molecule has 0 spiro atoms. The zero-order valence-corrected chi connectivity index (χ0v) is 14.8. The van der Waals surface area contributed by atoms with Crippen LogP contribution in [0.3, 0.4) is 0 Å². The molecule has 0 saturated carbocycles. The average molecular weight is 373 g/mol. The minimum atomic E-state index is -4.34. The summed E-state index contributed by atoms with van der Waals surface area (Å²) in [5, 5.41) is 9.60. The van der Waals surface area contributed by atoms with Crippen molar-refractivity contribution in [2.24, 2.45) is 0 Å². The molecular formula is C21H18F3NO2. The lowest BCUT2D eigenvalue weighted by Crippen LogP contribution is -2.03. The molecule has 2 aromatic carbocycles. The number of aromatic hydroxyl groups is 1. The van der Waals surface area contributed by atoms with Gasteiger partial charge in [-0.1, -0.05) is 24.3 Å². The van der Waals surface area contributed by atoms with E-state index in [0.29, 0.717) is 23.6 Å². The molecule has 0 bridgehead atoms. The molecule has 0 radical (unpaired) electrons. The Morgan fingerprint density at radius 2 is 1.74 bits per heavy atom. The number of aromatic nitrogens is 1. The van der Waals surface area contributed by atoms with Gasteiger partial charge in [-0.25, -0.2) is 4.98 Å². The summed E-state index contributed by atoms with van der Waals surface area (Å²) in [5.74, 6) is 1.33. The molecule has 0 aliphatic rings. The summed E-state index contributed by atoms with van der Waals surface area (Å²) in [5.41, 5.74) is 2.45. The van der Waals surface area contributed by atoms with Crippen LogP contribution in [0.4, 0.5) is 13.2 Å². The van der Waals surface area contributed by atoms with Crippen LogP contribution in [0.2, 0.25) is 0 Å². The number of rotatable bonds is 4. The Balaban J connectivity index is 1.74. The number of aryl methyl sites for hydroxylation is 2. The van der Waals surface area contributed by atoms with E-state index in [1.54, 1.807) is 18.2 Å². The molecule has 3 nitrogen and oxygen atoms in total. The van der Waals surface area contributed by atoms with E-state index in [4.69, 9.17) is 4.42 Å². The zero-order valence-electron chi connectivity index (χ0n) is 14.8. The Bertz CT molecular complexity index is 970. The van der Waals surface area contributed by atoms with Crippen LogP contribution >= 0.6 is 0 Å². The highest BCUT2D eigenvalue weighted by Crippen LogP contribution is 2.29. The van der Waals surface area contributed by atoms with E-state index < -0.39 is 11.7 Å². The van der Waals surface area contributed by atoms with Crippen molar-refractivity contribution in [3.8, 4) is 5.75 Å². The fourth-order valence-electron chi connectivity index (χ4n) is 2.65. The van der Waals surface area contributed by atoms with Crippen molar-refractivity contribution in [2.75, 3.05) is 0 Å². The number of phenols is 1. The molecule has 0 fully saturated rings. The molecule has 3 rings (SSSR count). The average Bonchev–Trinajstić information content (AvgIpc) is 2.96. The van der Waals surface area contributed by atoms with E-state index in [2.05, 4.69) is 4.98 Å². The minimum Gasteiger partial charge on any atom is -0.508 e. The van der Waals surface area contributed by atoms with Crippen molar-refractivity contribution in [2.45, 2.75) is 26.4 Å². The molecule has 27 heavy (non-hydrogen) atoms. The Morgan fingerprint density at radius 3 is 2.37 bits per heavy atom. The first-order chi connectivity index (χ1) is 12.7. The topological polar surface area (TPSA) is 46.3 Å². The van der Waals surface area contributed by atoms with Crippen LogP contribution < -0.4 is 0 Å². The van der Waals surface area contributed by atoms with Gasteiger partial charge in [0.25, 0.3) is 0 Å². The van der Waals surface area contributed by atoms with Crippen LogP contribution in [-0.2, 0) is 12.6 Å². The monoisotopic (exact) mass is 373 g/mol. The number of oxazole rings is 1. The van der Waals surface area contributed by atoms with Gasteiger partial charge in [0.15, 0.2) is 0 Å². The van der Waals surface area contributed by atoms with Crippen LogP contribution in [0.15, 0.2) is 46.9 Å². The van der Waals surface area contributed by atoms with Crippen molar-refractivity contribution in [3.63, 3.8) is 0 Å². The second-order valence-corrected chi connectivity index (χ2v) is 6.31. The lowest BCUT2D eigenvalue weighted by atomic mass is 10.1. The Labute approximate surface area is 154 Å². The lowest BCUT2D eigenvalue weighted by molar-refractivity contribution is -0.137.